The van der Waals surface area contributed by atoms with E-state index in [1.54, 1.807) is 12.4 Å². The van der Waals surface area contributed by atoms with Crippen molar-refractivity contribution in [2.45, 2.75) is 33.1 Å². The van der Waals surface area contributed by atoms with Gasteiger partial charge in [0.2, 0.25) is 0 Å². The van der Waals surface area contributed by atoms with E-state index in [9.17, 15) is 0 Å². The van der Waals surface area contributed by atoms with Gasteiger partial charge in [-0.25, -0.2) is 9.97 Å². The summed E-state index contributed by atoms with van der Waals surface area (Å²) in [6, 6.07) is 0. The Kier molecular flexibility index (Phi) is 4.87. The molecule has 4 nitrogen and oxygen atoms in total. The van der Waals surface area contributed by atoms with Crippen molar-refractivity contribution < 1.29 is 0 Å². The van der Waals surface area contributed by atoms with Gasteiger partial charge in [-0.2, -0.15) is 0 Å². The number of aromatic nitrogens is 2. The molecule has 0 bridgehead atoms. The second kappa shape index (κ2) is 6.22. The topological polar surface area (TPSA) is 55.0 Å². The van der Waals surface area contributed by atoms with Gasteiger partial charge in [-0.15, -0.1) is 0 Å². The van der Waals surface area contributed by atoms with Crippen LogP contribution in [0.15, 0.2) is 12.4 Å². The lowest BCUT2D eigenvalue weighted by Crippen LogP contribution is -2.30. The number of hydrogen-bond donors (Lipinski definition) is 1. The first-order chi connectivity index (χ1) is 7.36. The van der Waals surface area contributed by atoms with Gasteiger partial charge in [-0.3, -0.25) is 0 Å². The molecule has 84 valence electrons. The van der Waals surface area contributed by atoms with Crippen LogP contribution in [0.3, 0.4) is 0 Å². The molecule has 0 spiro atoms. The lowest BCUT2D eigenvalue weighted by Gasteiger charge is -2.27. The molecule has 1 saturated heterocycles. The highest BCUT2D eigenvalue weighted by Gasteiger charge is 2.11. The highest BCUT2D eigenvalue weighted by molar-refractivity contribution is 5.39. The molecule has 1 fully saturated rings. The lowest BCUT2D eigenvalue weighted by atomic mass is 10.1. The number of anilines is 2. The number of piperidine rings is 1. The van der Waals surface area contributed by atoms with Gasteiger partial charge in [0.25, 0.3) is 0 Å². The number of nitrogens with zero attached hydrogens (tertiary/aromatic N) is 3. The fourth-order valence-corrected chi connectivity index (χ4v) is 1.62. The van der Waals surface area contributed by atoms with E-state index in [1.807, 2.05) is 13.8 Å². The maximum atomic E-state index is 5.46. The zero-order chi connectivity index (χ0) is 11.1. The van der Waals surface area contributed by atoms with Crippen molar-refractivity contribution in [3.8, 4) is 0 Å². The third-order valence-electron chi connectivity index (χ3n) is 2.34. The average Bonchev–Trinajstić information content (AvgIpc) is 2.34. The Bertz CT molecular complexity index is 264. The van der Waals surface area contributed by atoms with Crippen LogP contribution < -0.4 is 10.6 Å². The van der Waals surface area contributed by atoms with Gasteiger partial charge >= 0.3 is 0 Å². The average molecular weight is 208 g/mol. The van der Waals surface area contributed by atoms with Gasteiger partial charge < -0.3 is 10.6 Å². The Morgan fingerprint density at radius 2 is 1.73 bits per heavy atom. The van der Waals surface area contributed by atoms with E-state index in [0.717, 1.165) is 18.9 Å². The summed E-state index contributed by atoms with van der Waals surface area (Å²) < 4.78 is 0. The second-order valence-electron chi connectivity index (χ2n) is 3.35. The van der Waals surface area contributed by atoms with Gasteiger partial charge in [-0.05, 0) is 19.3 Å². The van der Waals surface area contributed by atoms with Crippen LogP contribution in [0.25, 0.3) is 0 Å². The van der Waals surface area contributed by atoms with Crippen LogP contribution in [0.4, 0.5) is 11.6 Å². The molecule has 1 aliphatic heterocycles. The zero-order valence-electron chi connectivity index (χ0n) is 9.61. The summed E-state index contributed by atoms with van der Waals surface area (Å²) in [5.74, 6) is 1.44. The Morgan fingerprint density at radius 3 is 2.27 bits per heavy atom. The van der Waals surface area contributed by atoms with Crippen LogP contribution in [0.1, 0.15) is 33.1 Å². The standard InChI is InChI=1S/C9H14N4.C2H6/c10-8-6-12-9(7-11-8)13-4-2-1-3-5-13;1-2/h6-7H,1-5H2,(H2,10,11);1-2H3. The van der Waals surface area contributed by atoms with Gasteiger partial charge in [0, 0.05) is 13.1 Å². The van der Waals surface area contributed by atoms with Crippen LogP contribution in [0, 0.1) is 0 Å². The third kappa shape index (κ3) is 3.38. The van der Waals surface area contributed by atoms with Crippen molar-refractivity contribution in [2.24, 2.45) is 0 Å². The summed E-state index contributed by atoms with van der Waals surface area (Å²) in [5, 5.41) is 0. The maximum Gasteiger partial charge on any atom is 0.147 e. The van der Waals surface area contributed by atoms with Crippen molar-refractivity contribution in [3.05, 3.63) is 12.4 Å². The molecule has 0 atom stereocenters. The van der Waals surface area contributed by atoms with Gasteiger partial charge in [-0.1, -0.05) is 13.8 Å². The highest BCUT2D eigenvalue weighted by Crippen LogP contribution is 2.16. The molecular weight excluding hydrogens is 188 g/mol. The maximum absolute atomic E-state index is 5.46. The molecule has 2 N–H and O–H groups in total. The summed E-state index contributed by atoms with van der Waals surface area (Å²) in [6.45, 7) is 6.19. The third-order valence-corrected chi connectivity index (χ3v) is 2.34. The fraction of sp³-hybridized carbons (Fsp3) is 0.636. The second-order valence-corrected chi connectivity index (χ2v) is 3.35. The number of hydrogen-bond acceptors (Lipinski definition) is 4. The van der Waals surface area contributed by atoms with Crippen LogP contribution in [-0.4, -0.2) is 23.1 Å². The van der Waals surface area contributed by atoms with Crippen molar-refractivity contribution in [1.82, 2.24) is 9.97 Å². The molecule has 2 rings (SSSR count). The summed E-state index contributed by atoms with van der Waals surface area (Å²) in [7, 11) is 0. The quantitative estimate of drug-likeness (QED) is 0.767. The minimum atomic E-state index is 0.487. The number of rotatable bonds is 1. The molecule has 0 amide bonds. The van der Waals surface area contributed by atoms with E-state index in [0.29, 0.717) is 5.82 Å². The van der Waals surface area contributed by atoms with Gasteiger partial charge in [0.15, 0.2) is 0 Å². The normalized spacial score (nSPS) is 15.5. The molecule has 0 aromatic carbocycles. The molecule has 0 radical (unpaired) electrons. The first-order valence-electron chi connectivity index (χ1n) is 5.69. The van der Waals surface area contributed by atoms with E-state index in [2.05, 4.69) is 14.9 Å². The van der Waals surface area contributed by atoms with Gasteiger partial charge in [0.05, 0.1) is 12.4 Å². The Balaban J connectivity index is 0.000000531. The molecule has 15 heavy (non-hydrogen) atoms. The number of nitrogens with two attached hydrogens (primary N) is 1. The summed E-state index contributed by atoms with van der Waals surface area (Å²) in [6.07, 6.45) is 7.21. The highest BCUT2D eigenvalue weighted by atomic mass is 15.2. The Labute approximate surface area is 91.5 Å². The molecule has 1 aromatic rings. The van der Waals surface area contributed by atoms with Crippen LogP contribution in [0.2, 0.25) is 0 Å². The largest absolute Gasteiger partial charge is 0.382 e. The van der Waals surface area contributed by atoms with E-state index < -0.39 is 0 Å². The smallest absolute Gasteiger partial charge is 0.147 e. The minimum Gasteiger partial charge on any atom is -0.382 e. The zero-order valence-corrected chi connectivity index (χ0v) is 9.61. The van der Waals surface area contributed by atoms with Gasteiger partial charge in [0.1, 0.15) is 11.6 Å². The summed E-state index contributed by atoms with van der Waals surface area (Å²) >= 11 is 0. The first-order valence-corrected chi connectivity index (χ1v) is 5.69. The molecule has 4 heteroatoms. The van der Waals surface area contributed by atoms with Crippen molar-refractivity contribution in [2.75, 3.05) is 23.7 Å². The Hall–Kier alpha value is -1.32. The van der Waals surface area contributed by atoms with E-state index in [1.165, 1.54) is 19.3 Å². The van der Waals surface area contributed by atoms with E-state index in [-0.39, 0.29) is 0 Å². The van der Waals surface area contributed by atoms with E-state index in [4.69, 9.17) is 5.73 Å². The summed E-state index contributed by atoms with van der Waals surface area (Å²) in [4.78, 5) is 10.5. The lowest BCUT2D eigenvalue weighted by molar-refractivity contribution is 0.573. The molecule has 1 aromatic heterocycles. The Morgan fingerprint density at radius 1 is 1.07 bits per heavy atom. The SMILES string of the molecule is CC.Nc1cnc(N2CCCCC2)cn1. The molecule has 0 aliphatic carbocycles. The van der Waals surface area contributed by atoms with Crippen molar-refractivity contribution in [1.29, 1.82) is 0 Å². The fourth-order valence-electron chi connectivity index (χ4n) is 1.62. The van der Waals surface area contributed by atoms with E-state index >= 15 is 0 Å². The first kappa shape index (κ1) is 11.8. The molecule has 2 heterocycles. The molecule has 0 saturated carbocycles. The molecule has 1 aliphatic rings. The van der Waals surface area contributed by atoms with Crippen LogP contribution >= 0.6 is 0 Å². The van der Waals surface area contributed by atoms with Crippen molar-refractivity contribution in [3.63, 3.8) is 0 Å². The predicted molar refractivity (Wildman–Crippen MR) is 63.9 cm³/mol. The van der Waals surface area contributed by atoms with Crippen LogP contribution in [0.5, 0.6) is 0 Å². The van der Waals surface area contributed by atoms with Crippen LogP contribution in [-0.2, 0) is 0 Å². The summed E-state index contributed by atoms with van der Waals surface area (Å²) in [5.41, 5.74) is 5.46. The molecular formula is C11H20N4. The van der Waals surface area contributed by atoms with Crippen molar-refractivity contribution >= 4 is 11.6 Å². The molecule has 0 unspecified atom stereocenters. The monoisotopic (exact) mass is 208 g/mol. The predicted octanol–water partition coefficient (Wildman–Crippen LogP) is 2.08. The number of nitrogen functional groups attached to an aromatic ring is 1. The minimum absolute atomic E-state index is 0.487.